The van der Waals surface area contributed by atoms with Crippen molar-refractivity contribution in [2.24, 2.45) is 0 Å². The molecule has 0 saturated heterocycles. The number of nitrogens with one attached hydrogen (secondary N) is 2. The van der Waals surface area contributed by atoms with Crippen LogP contribution in [-0.2, 0) is 4.74 Å². The minimum Gasteiger partial charge on any atom is -0.444 e. The summed E-state index contributed by atoms with van der Waals surface area (Å²) in [7, 11) is 0. The number of carbonyl (C=O) groups is 1. The molecule has 0 spiro atoms. The molecule has 8 nitrogen and oxygen atoms in total. The van der Waals surface area contributed by atoms with Crippen LogP contribution >= 0.6 is 0 Å². The zero-order valence-corrected chi connectivity index (χ0v) is 12.0. The molecular formula is C13H16N6O2. The molecule has 0 atom stereocenters. The van der Waals surface area contributed by atoms with Crippen molar-refractivity contribution in [2.45, 2.75) is 26.4 Å². The van der Waals surface area contributed by atoms with Gasteiger partial charge >= 0.3 is 6.09 Å². The van der Waals surface area contributed by atoms with E-state index in [-0.39, 0.29) is 6.54 Å². The number of anilines is 1. The molecule has 0 unspecified atom stereocenters. The van der Waals surface area contributed by atoms with Crippen LogP contribution in [0.4, 0.5) is 10.6 Å². The van der Waals surface area contributed by atoms with Crippen molar-refractivity contribution in [3.05, 3.63) is 12.0 Å². The van der Waals surface area contributed by atoms with Crippen LogP contribution in [0.3, 0.4) is 0 Å². The lowest BCUT2D eigenvalue weighted by Gasteiger charge is -2.18. The Morgan fingerprint density at radius 1 is 1.48 bits per heavy atom. The van der Waals surface area contributed by atoms with E-state index in [9.17, 15) is 4.79 Å². The number of alkyl carbamates (subject to hydrolysis) is 1. The maximum absolute atomic E-state index is 11.4. The number of carbonyl (C=O) groups excluding carboxylic acids is 1. The van der Waals surface area contributed by atoms with E-state index in [1.54, 1.807) is 20.8 Å². The standard InChI is InChI=1S/C13H16N6O2/c1-13(2,3)21-12(20)15-6-4-5-8-9-10(14)16-7-17-11(9)19-18-8/h7H,6H2,1-3H3,(H,15,20)(H3,14,16,17,18,19). The number of ether oxygens (including phenoxy) is 1. The smallest absolute Gasteiger partial charge is 0.408 e. The van der Waals surface area contributed by atoms with Gasteiger partial charge in [0, 0.05) is 0 Å². The van der Waals surface area contributed by atoms with E-state index >= 15 is 0 Å². The number of hydrogen-bond donors (Lipinski definition) is 3. The van der Waals surface area contributed by atoms with Gasteiger partial charge in [-0.3, -0.25) is 5.10 Å². The number of rotatable bonds is 1. The molecule has 110 valence electrons. The lowest BCUT2D eigenvalue weighted by atomic mass is 10.2. The van der Waals surface area contributed by atoms with Gasteiger partial charge in [0.1, 0.15) is 23.4 Å². The highest BCUT2D eigenvalue weighted by Gasteiger charge is 2.15. The Hall–Kier alpha value is -2.82. The third-order valence-electron chi connectivity index (χ3n) is 2.31. The van der Waals surface area contributed by atoms with Crippen molar-refractivity contribution in [3.8, 4) is 11.8 Å². The Kier molecular flexibility index (Phi) is 3.93. The quantitative estimate of drug-likeness (QED) is 0.668. The SMILES string of the molecule is CC(C)(C)OC(=O)NCC#Cc1[nH]nc2ncnc(N)c12. The molecule has 0 aliphatic heterocycles. The largest absolute Gasteiger partial charge is 0.444 e. The highest BCUT2D eigenvalue weighted by Crippen LogP contribution is 2.17. The average molecular weight is 288 g/mol. The monoisotopic (exact) mass is 288 g/mol. The normalized spacial score (nSPS) is 10.8. The molecule has 21 heavy (non-hydrogen) atoms. The predicted octanol–water partition coefficient (Wildman–Crippen LogP) is 0.811. The molecule has 0 bridgehead atoms. The molecule has 2 rings (SSSR count). The highest BCUT2D eigenvalue weighted by atomic mass is 16.6. The molecule has 0 aromatic carbocycles. The van der Waals surface area contributed by atoms with Crippen molar-refractivity contribution >= 4 is 22.9 Å². The van der Waals surface area contributed by atoms with E-state index in [2.05, 4.69) is 37.3 Å². The third-order valence-corrected chi connectivity index (χ3v) is 2.31. The summed E-state index contributed by atoms with van der Waals surface area (Å²) in [6, 6.07) is 0. The summed E-state index contributed by atoms with van der Waals surface area (Å²) in [5, 5.41) is 9.81. The van der Waals surface area contributed by atoms with Crippen molar-refractivity contribution in [3.63, 3.8) is 0 Å². The second kappa shape index (κ2) is 5.66. The van der Waals surface area contributed by atoms with E-state index in [0.29, 0.717) is 22.5 Å². The molecule has 2 aromatic heterocycles. The molecule has 0 aliphatic carbocycles. The summed E-state index contributed by atoms with van der Waals surface area (Å²) in [6.45, 7) is 5.51. The molecule has 1 amide bonds. The predicted molar refractivity (Wildman–Crippen MR) is 77.2 cm³/mol. The number of H-pyrrole nitrogens is 1. The number of aromatic nitrogens is 4. The third kappa shape index (κ3) is 3.82. The maximum atomic E-state index is 11.4. The van der Waals surface area contributed by atoms with Crippen LogP contribution < -0.4 is 11.1 Å². The van der Waals surface area contributed by atoms with Crippen LogP contribution in [0, 0.1) is 11.8 Å². The first-order valence-electron chi connectivity index (χ1n) is 6.27. The molecule has 0 fully saturated rings. The molecule has 2 heterocycles. The number of nitrogens with zero attached hydrogens (tertiary/aromatic N) is 3. The molecule has 0 aliphatic rings. The Bertz CT molecular complexity index is 720. The maximum Gasteiger partial charge on any atom is 0.408 e. The Balaban J connectivity index is 2.01. The van der Waals surface area contributed by atoms with Gasteiger partial charge in [0.15, 0.2) is 5.65 Å². The molecule has 0 saturated carbocycles. The summed E-state index contributed by atoms with van der Waals surface area (Å²) in [5.41, 5.74) is 6.18. The molecule has 8 heteroatoms. The summed E-state index contributed by atoms with van der Waals surface area (Å²) in [6.07, 6.45) is 0.814. The van der Waals surface area contributed by atoms with Crippen LogP contribution in [0.25, 0.3) is 11.0 Å². The Morgan fingerprint density at radius 2 is 2.24 bits per heavy atom. The second-order valence-corrected chi connectivity index (χ2v) is 5.21. The van der Waals surface area contributed by atoms with Crippen LogP contribution in [0.15, 0.2) is 6.33 Å². The Labute approximate surface area is 121 Å². The lowest BCUT2D eigenvalue weighted by molar-refractivity contribution is 0.0535. The number of aromatic amines is 1. The second-order valence-electron chi connectivity index (χ2n) is 5.21. The minimum absolute atomic E-state index is 0.142. The zero-order chi connectivity index (χ0) is 15.5. The van der Waals surface area contributed by atoms with Gasteiger partial charge in [0.05, 0.1) is 11.9 Å². The summed E-state index contributed by atoms with van der Waals surface area (Å²) < 4.78 is 5.09. The fourth-order valence-electron chi connectivity index (χ4n) is 1.53. The first-order valence-corrected chi connectivity index (χ1v) is 6.27. The number of nitrogens with two attached hydrogens (primary N) is 1. The van der Waals surface area contributed by atoms with E-state index in [1.807, 2.05) is 0 Å². The summed E-state index contributed by atoms with van der Waals surface area (Å²) in [5.74, 6) is 5.91. The van der Waals surface area contributed by atoms with Crippen LogP contribution in [0.5, 0.6) is 0 Å². The number of nitrogen functional groups attached to an aromatic ring is 1. The van der Waals surface area contributed by atoms with E-state index in [0.717, 1.165) is 0 Å². The minimum atomic E-state index is -0.539. The van der Waals surface area contributed by atoms with Crippen LogP contribution in [0.2, 0.25) is 0 Å². The fraction of sp³-hybridized carbons (Fsp3) is 0.385. The van der Waals surface area contributed by atoms with Crippen molar-refractivity contribution in [1.82, 2.24) is 25.5 Å². The van der Waals surface area contributed by atoms with Gasteiger partial charge in [-0.05, 0) is 26.7 Å². The number of fused-ring (bicyclic) bond motifs is 1. The number of amides is 1. The van der Waals surface area contributed by atoms with Gasteiger partial charge in [-0.1, -0.05) is 5.92 Å². The van der Waals surface area contributed by atoms with Gasteiger partial charge in [0.2, 0.25) is 0 Å². The zero-order valence-electron chi connectivity index (χ0n) is 12.0. The number of hydrogen-bond acceptors (Lipinski definition) is 6. The average Bonchev–Trinajstić information content (AvgIpc) is 2.77. The molecule has 4 N–H and O–H groups in total. The fourth-order valence-corrected chi connectivity index (χ4v) is 1.53. The van der Waals surface area contributed by atoms with Crippen molar-refractivity contribution < 1.29 is 9.53 Å². The van der Waals surface area contributed by atoms with Crippen molar-refractivity contribution in [1.29, 1.82) is 0 Å². The molecule has 0 radical (unpaired) electrons. The van der Waals surface area contributed by atoms with E-state index < -0.39 is 11.7 Å². The van der Waals surface area contributed by atoms with Crippen LogP contribution in [-0.4, -0.2) is 38.4 Å². The topological polar surface area (TPSA) is 119 Å². The van der Waals surface area contributed by atoms with Crippen molar-refractivity contribution in [2.75, 3.05) is 12.3 Å². The highest BCUT2D eigenvalue weighted by molar-refractivity contribution is 5.89. The van der Waals surface area contributed by atoms with Crippen LogP contribution in [0.1, 0.15) is 26.5 Å². The van der Waals surface area contributed by atoms with Gasteiger partial charge in [-0.2, -0.15) is 5.10 Å². The van der Waals surface area contributed by atoms with Gasteiger partial charge in [-0.25, -0.2) is 14.8 Å². The Morgan fingerprint density at radius 3 is 2.95 bits per heavy atom. The van der Waals surface area contributed by atoms with E-state index in [1.165, 1.54) is 6.33 Å². The first kappa shape index (κ1) is 14.6. The molecular weight excluding hydrogens is 272 g/mol. The first-order chi connectivity index (χ1) is 9.87. The van der Waals surface area contributed by atoms with Gasteiger partial charge in [0.25, 0.3) is 0 Å². The van der Waals surface area contributed by atoms with Gasteiger partial charge < -0.3 is 15.8 Å². The van der Waals surface area contributed by atoms with Gasteiger partial charge in [-0.15, -0.1) is 0 Å². The summed E-state index contributed by atoms with van der Waals surface area (Å²) >= 11 is 0. The lowest BCUT2D eigenvalue weighted by Crippen LogP contribution is -2.32. The molecule has 2 aromatic rings. The summed E-state index contributed by atoms with van der Waals surface area (Å²) in [4.78, 5) is 19.3. The van der Waals surface area contributed by atoms with E-state index in [4.69, 9.17) is 10.5 Å².